The van der Waals surface area contributed by atoms with Crippen LogP contribution in [0.25, 0.3) is 0 Å². The lowest BCUT2D eigenvalue weighted by molar-refractivity contribution is 0.0734. The van der Waals surface area contributed by atoms with Crippen LogP contribution < -0.4 is 10.5 Å². The molecule has 2 aromatic rings. The highest BCUT2D eigenvalue weighted by atomic mass is 19.1. The monoisotopic (exact) mass is 286 g/mol. The van der Waals surface area contributed by atoms with Crippen LogP contribution in [0.4, 0.5) is 10.1 Å². The predicted octanol–water partition coefficient (Wildman–Crippen LogP) is 2.44. The van der Waals surface area contributed by atoms with Gasteiger partial charge in [0, 0.05) is 17.8 Å². The summed E-state index contributed by atoms with van der Waals surface area (Å²) in [5.41, 5.74) is 7.16. The van der Waals surface area contributed by atoms with Gasteiger partial charge in [-0.25, -0.2) is 4.39 Å². The number of anilines is 1. The first kappa shape index (κ1) is 13.4. The maximum absolute atomic E-state index is 13.1. The number of nitrogen functional groups attached to an aromatic ring is 1. The van der Waals surface area contributed by atoms with E-state index in [1.807, 2.05) is 24.3 Å². The Bertz CT molecular complexity index is 688. The van der Waals surface area contributed by atoms with Crippen molar-refractivity contribution in [2.75, 3.05) is 18.9 Å². The number of fused-ring (bicyclic) bond motifs is 1. The first-order valence-corrected chi connectivity index (χ1v) is 6.70. The Kier molecular flexibility index (Phi) is 3.48. The Hall–Kier alpha value is -2.56. The largest absolute Gasteiger partial charge is 0.491 e. The molecule has 0 saturated heterocycles. The van der Waals surface area contributed by atoms with Crippen molar-refractivity contribution < 1.29 is 13.9 Å². The summed E-state index contributed by atoms with van der Waals surface area (Å²) in [5.74, 6) is 0.126. The van der Waals surface area contributed by atoms with E-state index < -0.39 is 5.82 Å². The minimum absolute atomic E-state index is 0.151. The fourth-order valence-corrected chi connectivity index (χ4v) is 2.40. The van der Waals surface area contributed by atoms with E-state index in [-0.39, 0.29) is 11.6 Å². The number of para-hydroxylation sites is 1. The van der Waals surface area contributed by atoms with Crippen molar-refractivity contribution in [2.45, 2.75) is 6.54 Å². The number of ether oxygens (including phenoxy) is 1. The standard InChI is InChI=1S/C16H15FN2O2/c17-12-5-6-13(14(18)9-12)16(20)19-7-8-21-15-4-2-1-3-11(15)10-19/h1-6,9H,7-8,10,18H2. The number of halogens is 1. The molecule has 1 aliphatic rings. The third kappa shape index (κ3) is 2.67. The molecule has 21 heavy (non-hydrogen) atoms. The minimum atomic E-state index is -0.450. The van der Waals surface area contributed by atoms with Crippen LogP contribution in [0.15, 0.2) is 42.5 Å². The number of amides is 1. The SMILES string of the molecule is Nc1cc(F)ccc1C(=O)N1CCOc2ccccc2C1. The molecular formula is C16H15FN2O2. The maximum Gasteiger partial charge on any atom is 0.256 e. The van der Waals surface area contributed by atoms with Gasteiger partial charge in [0.05, 0.1) is 12.1 Å². The molecule has 1 aliphatic heterocycles. The van der Waals surface area contributed by atoms with Crippen LogP contribution in [0.5, 0.6) is 5.75 Å². The normalized spacial score (nSPS) is 14.0. The van der Waals surface area contributed by atoms with Crippen LogP contribution in [0.3, 0.4) is 0 Å². The summed E-state index contributed by atoms with van der Waals surface area (Å²) >= 11 is 0. The molecule has 0 atom stereocenters. The van der Waals surface area contributed by atoms with Gasteiger partial charge in [0.2, 0.25) is 0 Å². The third-order valence-corrected chi connectivity index (χ3v) is 3.48. The Morgan fingerprint density at radius 1 is 1.24 bits per heavy atom. The molecule has 0 aliphatic carbocycles. The molecule has 1 amide bonds. The molecule has 4 nitrogen and oxygen atoms in total. The van der Waals surface area contributed by atoms with Crippen molar-refractivity contribution in [1.82, 2.24) is 4.90 Å². The summed E-state index contributed by atoms with van der Waals surface area (Å²) in [7, 11) is 0. The van der Waals surface area contributed by atoms with Crippen LogP contribution >= 0.6 is 0 Å². The topological polar surface area (TPSA) is 55.6 Å². The molecule has 0 saturated carbocycles. The highest BCUT2D eigenvalue weighted by Crippen LogP contribution is 2.24. The van der Waals surface area contributed by atoms with E-state index in [0.29, 0.717) is 25.3 Å². The van der Waals surface area contributed by atoms with Crippen molar-refractivity contribution in [2.24, 2.45) is 0 Å². The Morgan fingerprint density at radius 2 is 2.05 bits per heavy atom. The zero-order chi connectivity index (χ0) is 14.8. The van der Waals surface area contributed by atoms with E-state index in [0.717, 1.165) is 17.4 Å². The summed E-state index contributed by atoms with van der Waals surface area (Å²) in [6, 6.07) is 11.4. The quantitative estimate of drug-likeness (QED) is 0.819. The number of hydrogen-bond donors (Lipinski definition) is 1. The van der Waals surface area contributed by atoms with Gasteiger partial charge >= 0.3 is 0 Å². The van der Waals surface area contributed by atoms with Gasteiger partial charge < -0.3 is 15.4 Å². The summed E-state index contributed by atoms with van der Waals surface area (Å²) in [6.07, 6.45) is 0. The molecule has 5 heteroatoms. The van der Waals surface area contributed by atoms with E-state index in [9.17, 15) is 9.18 Å². The number of hydrogen-bond acceptors (Lipinski definition) is 3. The average molecular weight is 286 g/mol. The van der Waals surface area contributed by atoms with Gasteiger partial charge in [0.1, 0.15) is 18.2 Å². The van der Waals surface area contributed by atoms with Crippen LogP contribution in [0.1, 0.15) is 15.9 Å². The summed E-state index contributed by atoms with van der Waals surface area (Å²) in [4.78, 5) is 14.2. The van der Waals surface area contributed by atoms with Gasteiger partial charge in [-0.2, -0.15) is 0 Å². The Morgan fingerprint density at radius 3 is 2.86 bits per heavy atom. The van der Waals surface area contributed by atoms with E-state index in [2.05, 4.69) is 0 Å². The molecule has 0 bridgehead atoms. The maximum atomic E-state index is 13.1. The van der Waals surface area contributed by atoms with Crippen molar-refractivity contribution in [1.29, 1.82) is 0 Å². The van der Waals surface area contributed by atoms with E-state index in [1.54, 1.807) is 4.90 Å². The lowest BCUT2D eigenvalue weighted by atomic mass is 10.1. The van der Waals surface area contributed by atoms with E-state index >= 15 is 0 Å². The van der Waals surface area contributed by atoms with Gasteiger partial charge in [-0.1, -0.05) is 18.2 Å². The second-order valence-electron chi connectivity index (χ2n) is 4.91. The average Bonchev–Trinajstić information content (AvgIpc) is 2.68. The zero-order valence-electron chi connectivity index (χ0n) is 11.4. The number of carbonyl (C=O) groups is 1. The van der Waals surface area contributed by atoms with Gasteiger partial charge in [-0.3, -0.25) is 4.79 Å². The smallest absolute Gasteiger partial charge is 0.256 e. The molecule has 3 rings (SSSR count). The molecule has 0 unspecified atom stereocenters. The number of nitrogens with zero attached hydrogens (tertiary/aromatic N) is 1. The molecule has 0 radical (unpaired) electrons. The molecule has 2 aromatic carbocycles. The first-order valence-electron chi connectivity index (χ1n) is 6.70. The lowest BCUT2D eigenvalue weighted by Gasteiger charge is -2.20. The molecule has 0 fully saturated rings. The fraction of sp³-hybridized carbons (Fsp3) is 0.188. The highest BCUT2D eigenvalue weighted by Gasteiger charge is 2.22. The molecule has 0 aromatic heterocycles. The van der Waals surface area contributed by atoms with E-state index in [1.165, 1.54) is 12.1 Å². The first-order chi connectivity index (χ1) is 10.1. The number of rotatable bonds is 1. The summed E-state index contributed by atoms with van der Waals surface area (Å²) in [6.45, 7) is 1.33. The van der Waals surface area contributed by atoms with Crippen LogP contribution in [-0.2, 0) is 6.54 Å². The predicted molar refractivity (Wildman–Crippen MR) is 77.5 cm³/mol. The zero-order valence-corrected chi connectivity index (χ0v) is 11.4. The third-order valence-electron chi connectivity index (χ3n) is 3.48. The summed E-state index contributed by atoms with van der Waals surface area (Å²) < 4.78 is 18.7. The van der Waals surface area contributed by atoms with Crippen molar-refractivity contribution in [3.05, 3.63) is 59.4 Å². The van der Waals surface area contributed by atoms with Gasteiger partial charge in [-0.05, 0) is 24.3 Å². The lowest BCUT2D eigenvalue weighted by Crippen LogP contribution is -2.33. The van der Waals surface area contributed by atoms with Crippen LogP contribution in [0.2, 0.25) is 0 Å². The molecular weight excluding hydrogens is 271 g/mol. The van der Waals surface area contributed by atoms with Crippen LogP contribution in [-0.4, -0.2) is 24.0 Å². The van der Waals surface area contributed by atoms with Crippen molar-refractivity contribution in [3.8, 4) is 5.75 Å². The van der Waals surface area contributed by atoms with Gasteiger partial charge in [0.25, 0.3) is 5.91 Å². The van der Waals surface area contributed by atoms with Crippen LogP contribution in [0, 0.1) is 5.82 Å². The Balaban J connectivity index is 1.88. The van der Waals surface area contributed by atoms with Crippen molar-refractivity contribution >= 4 is 11.6 Å². The van der Waals surface area contributed by atoms with Crippen molar-refractivity contribution in [3.63, 3.8) is 0 Å². The highest BCUT2D eigenvalue weighted by molar-refractivity contribution is 5.99. The van der Waals surface area contributed by atoms with E-state index in [4.69, 9.17) is 10.5 Å². The number of nitrogens with two attached hydrogens (primary N) is 1. The molecule has 108 valence electrons. The number of benzene rings is 2. The molecule has 2 N–H and O–H groups in total. The Labute approximate surface area is 121 Å². The minimum Gasteiger partial charge on any atom is -0.491 e. The molecule has 0 spiro atoms. The van der Waals surface area contributed by atoms with Gasteiger partial charge in [0.15, 0.2) is 0 Å². The molecule has 1 heterocycles. The summed E-state index contributed by atoms with van der Waals surface area (Å²) in [5, 5.41) is 0. The second-order valence-corrected chi connectivity index (χ2v) is 4.91. The number of carbonyl (C=O) groups excluding carboxylic acids is 1. The van der Waals surface area contributed by atoms with Gasteiger partial charge in [-0.15, -0.1) is 0 Å². The second kappa shape index (κ2) is 5.44. The fourth-order valence-electron chi connectivity index (χ4n) is 2.40.